The van der Waals surface area contributed by atoms with Crippen molar-refractivity contribution >= 4 is 29.7 Å². The van der Waals surface area contributed by atoms with E-state index < -0.39 is 0 Å². The molecule has 6 nitrogen and oxygen atoms in total. The van der Waals surface area contributed by atoms with Gasteiger partial charge < -0.3 is 10.6 Å². The molecule has 1 atom stereocenters. The Morgan fingerprint density at radius 2 is 2.11 bits per heavy atom. The van der Waals surface area contributed by atoms with E-state index in [-0.39, 0.29) is 23.7 Å². The lowest BCUT2D eigenvalue weighted by Gasteiger charge is -2.22. The number of nitrogens with zero attached hydrogens (tertiary/aromatic N) is 4. The summed E-state index contributed by atoms with van der Waals surface area (Å²) in [7, 11) is 0. The fourth-order valence-electron chi connectivity index (χ4n) is 3.19. The van der Waals surface area contributed by atoms with E-state index in [1.165, 1.54) is 11.3 Å². The Morgan fingerprint density at radius 1 is 1.33 bits per heavy atom. The molecule has 1 aromatic carbocycles. The third-order valence-corrected chi connectivity index (χ3v) is 5.80. The Morgan fingerprint density at radius 3 is 2.81 bits per heavy atom. The summed E-state index contributed by atoms with van der Waals surface area (Å²) in [6.45, 7) is 4.16. The van der Waals surface area contributed by atoms with Gasteiger partial charge in [-0.05, 0) is 30.5 Å². The second-order valence-electron chi connectivity index (χ2n) is 7.04. The molecule has 2 N–H and O–H groups in total. The average molecular weight is 404 g/mol. The second-order valence-corrected chi connectivity index (χ2v) is 7.90. The third kappa shape index (κ3) is 3.90. The predicted octanol–water partition coefficient (Wildman–Crippen LogP) is 3.23. The zero-order valence-corrected chi connectivity index (χ0v) is 16.7. The normalized spacial score (nSPS) is 19.1. The van der Waals surface area contributed by atoms with Crippen LogP contribution in [0.3, 0.4) is 0 Å². The number of thiazole rings is 1. The Bertz CT molecular complexity index is 925. The predicted molar refractivity (Wildman–Crippen MR) is 110 cm³/mol. The van der Waals surface area contributed by atoms with Gasteiger partial charge in [0.05, 0.1) is 11.9 Å². The van der Waals surface area contributed by atoms with E-state index in [1.807, 2.05) is 51.5 Å². The van der Waals surface area contributed by atoms with Gasteiger partial charge in [-0.25, -0.2) is 9.67 Å². The van der Waals surface area contributed by atoms with Crippen LogP contribution in [0.1, 0.15) is 23.8 Å². The molecule has 2 aromatic heterocycles. The van der Waals surface area contributed by atoms with Gasteiger partial charge in [-0.1, -0.05) is 25.1 Å². The van der Waals surface area contributed by atoms with Crippen LogP contribution < -0.4 is 5.73 Å². The Labute approximate surface area is 168 Å². The molecule has 1 fully saturated rings. The highest BCUT2D eigenvalue weighted by atomic mass is 35.5. The minimum Gasteiger partial charge on any atom is -0.337 e. The molecule has 142 valence electrons. The Balaban J connectivity index is 0.00000210. The van der Waals surface area contributed by atoms with Crippen LogP contribution in [0.4, 0.5) is 0 Å². The molecular formula is C19H22ClN5OS. The smallest absolute Gasteiger partial charge is 0.273 e. The molecule has 1 saturated heterocycles. The quantitative estimate of drug-likeness (QED) is 0.725. The Hall–Kier alpha value is -2.22. The fraction of sp³-hybridized carbons (Fsp3) is 0.316. The number of nitrogens with two attached hydrogens (primary N) is 1. The summed E-state index contributed by atoms with van der Waals surface area (Å²) in [6.07, 6.45) is 4.65. The molecule has 1 amide bonds. The summed E-state index contributed by atoms with van der Waals surface area (Å²) in [5.74, 6) is -0.0138. The molecule has 0 aliphatic carbocycles. The lowest BCUT2D eigenvalue weighted by atomic mass is 9.90. The first-order valence-corrected chi connectivity index (χ1v) is 9.51. The maximum Gasteiger partial charge on any atom is 0.273 e. The molecule has 0 bridgehead atoms. The highest BCUT2D eigenvalue weighted by Gasteiger charge is 2.35. The zero-order valence-electron chi connectivity index (χ0n) is 15.0. The third-order valence-electron chi connectivity index (χ3n) is 4.91. The number of hydrogen-bond donors (Lipinski definition) is 1. The van der Waals surface area contributed by atoms with Crippen molar-refractivity contribution in [3.63, 3.8) is 0 Å². The fourth-order valence-corrected chi connectivity index (χ4v) is 3.95. The van der Waals surface area contributed by atoms with E-state index in [1.54, 1.807) is 6.20 Å². The van der Waals surface area contributed by atoms with Crippen LogP contribution in [0.2, 0.25) is 0 Å². The largest absolute Gasteiger partial charge is 0.337 e. The van der Waals surface area contributed by atoms with Crippen LogP contribution in [-0.4, -0.2) is 45.2 Å². The van der Waals surface area contributed by atoms with Crippen molar-refractivity contribution in [3.8, 4) is 16.3 Å². The molecular weight excluding hydrogens is 382 g/mol. The number of aromatic nitrogens is 3. The van der Waals surface area contributed by atoms with Gasteiger partial charge in [0.15, 0.2) is 0 Å². The molecule has 27 heavy (non-hydrogen) atoms. The number of hydrogen-bond acceptors (Lipinski definition) is 5. The van der Waals surface area contributed by atoms with Gasteiger partial charge in [0.2, 0.25) is 0 Å². The number of carbonyl (C=O) groups excluding carboxylic acids is 1. The maximum atomic E-state index is 12.7. The van der Waals surface area contributed by atoms with Gasteiger partial charge in [0.25, 0.3) is 5.91 Å². The molecule has 1 aliphatic heterocycles. The van der Waals surface area contributed by atoms with Gasteiger partial charge in [-0.3, -0.25) is 4.79 Å². The number of benzene rings is 1. The van der Waals surface area contributed by atoms with Crippen LogP contribution >= 0.6 is 23.7 Å². The number of para-hydroxylation sites is 1. The van der Waals surface area contributed by atoms with Gasteiger partial charge in [0.1, 0.15) is 10.7 Å². The molecule has 0 radical (unpaired) electrons. The molecule has 4 rings (SSSR count). The Kier molecular flexibility index (Phi) is 5.64. The van der Waals surface area contributed by atoms with E-state index in [2.05, 4.69) is 17.0 Å². The van der Waals surface area contributed by atoms with E-state index in [0.717, 1.165) is 29.2 Å². The van der Waals surface area contributed by atoms with Crippen molar-refractivity contribution in [1.29, 1.82) is 0 Å². The average Bonchev–Trinajstić information content (AvgIpc) is 3.41. The van der Waals surface area contributed by atoms with E-state index in [4.69, 9.17) is 5.73 Å². The SMILES string of the molecule is CC1(CN)CCN(C(=O)c2csc(-c3cnn(-c4ccccc4)c3)n2)C1.Cl. The second kappa shape index (κ2) is 7.80. The zero-order chi connectivity index (χ0) is 18.1. The number of likely N-dealkylation sites (tertiary alicyclic amines) is 1. The first-order chi connectivity index (χ1) is 12.6. The first-order valence-electron chi connectivity index (χ1n) is 8.63. The monoisotopic (exact) mass is 403 g/mol. The van der Waals surface area contributed by atoms with Gasteiger partial charge in [-0.2, -0.15) is 5.10 Å². The van der Waals surface area contributed by atoms with E-state index in [0.29, 0.717) is 18.8 Å². The van der Waals surface area contributed by atoms with Gasteiger partial charge in [0, 0.05) is 30.2 Å². The number of amides is 1. The van der Waals surface area contributed by atoms with Crippen molar-refractivity contribution in [2.75, 3.05) is 19.6 Å². The lowest BCUT2D eigenvalue weighted by molar-refractivity contribution is 0.0772. The summed E-state index contributed by atoms with van der Waals surface area (Å²) in [5, 5.41) is 7.03. The summed E-state index contributed by atoms with van der Waals surface area (Å²) < 4.78 is 1.81. The van der Waals surface area contributed by atoms with Crippen molar-refractivity contribution in [3.05, 3.63) is 53.8 Å². The molecule has 0 saturated carbocycles. The van der Waals surface area contributed by atoms with Crippen LogP contribution in [0.15, 0.2) is 48.1 Å². The van der Waals surface area contributed by atoms with Gasteiger partial charge >= 0.3 is 0 Å². The van der Waals surface area contributed by atoms with Crippen molar-refractivity contribution in [2.24, 2.45) is 11.1 Å². The summed E-state index contributed by atoms with van der Waals surface area (Å²) in [5.41, 5.74) is 8.26. The number of rotatable bonds is 4. The molecule has 1 unspecified atom stereocenters. The highest BCUT2D eigenvalue weighted by molar-refractivity contribution is 7.13. The summed E-state index contributed by atoms with van der Waals surface area (Å²) >= 11 is 1.47. The first kappa shape index (κ1) is 19.5. The number of carbonyl (C=O) groups is 1. The lowest BCUT2D eigenvalue weighted by Crippen LogP contribution is -2.34. The van der Waals surface area contributed by atoms with Crippen LogP contribution in [0, 0.1) is 5.41 Å². The van der Waals surface area contributed by atoms with E-state index in [9.17, 15) is 4.79 Å². The van der Waals surface area contributed by atoms with Crippen LogP contribution in [0.5, 0.6) is 0 Å². The number of halogens is 1. The molecule has 3 aromatic rings. The standard InChI is InChI=1S/C19H21N5OS.ClH/c1-19(12-20)7-8-23(13-19)18(25)16-11-26-17(22-16)14-9-21-24(10-14)15-5-3-2-4-6-15;/h2-6,9-11H,7-8,12-13,20H2,1H3;1H. The van der Waals surface area contributed by atoms with Crippen molar-refractivity contribution < 1.29 is 4.79 Å². The molecule has 3 heterocycles. The highest BCUT2D eigenvalue weighted by Crippen LogP contribution is 2.30. The minimum atomic E-state index is -0.0138. The van der Waals surface area contributed by atoms with Crippen molar-refractivity contribution in [1.82, 2.24) is 19.7 Å². The molecule has 8 heteroatoms. The van der Waals surface area contributed by atoms with Crippen molar-refractivity contribution in [2.45, 2.75) is 13.3 Å². The van der Waals surface area contributed by atoms with Gasteiger partial charge in [-0.15, -0.1) is 23.7 Å². The minimum absolute atomic E-state index is 0. The summed E-state index contributed by atoms with van der Waals surface area (Å²) in [6, 6.07) is 9.91. The topological polar surface area (TPSA) is 77.0 Å². The molecule has 0 spiro atoms. The van der Waals surface area contributed by atoms with Crippen LogP contribution in [-0.2, 0) is 0 Å². The van der Waals surface area contributed by atoms with E-state index >= 15 is 0 Å². The summed E-state index contributed by atoms with van der Waals surface area (Å²) in [4.78, 5) is 19.1. The van der Waals surface area contributed by atoms with Crippen LogP contribution in [0.25, 0.3) is 16.3 Å². The molecule has 1 aliphatic rings. The maximum absolute atomic E-state index is 12.7.